The van der Waals surface area contributed by atoms with E-state index in [-0.39, 0.29) is 6.09 Å². The third-order valence-corrected chi connectivity index (χ3v) is 7.02. The lowest BCUT2D eigenvalue weighted by atomic mass is 10.0. The average Bonchev–Trinajstić information content (AvgIpc) is 2.91. The van der Waals surface area contributed by atoms with Crippen molar-refractivity contribution in [1.82, 2.24) is 15.6 Å². The number of nitrogens with zero attached hydrogens (tertiary/aromatic N) is 1. The van der Waals surface area contributed by atoms with E-state index in [9.17, 15) is 9.59 Å². The summed E-state index contributed by atoms with van der Waals surface area (Å²) in [5, 5.41) is 5.48. The second kappa shape index (κ2) is 25.7. The Kier molecular flexibility index (Phi) is 23.0. The molecule has 0 spiro atoms. The quantitative estimate of drug-likeness (QED) is 0.132. The van der Waals surface area contributed by atoms with Gasteiger partial charge in [-0.15, -0.1) is 0 Å². The predicted molar refractivity (Wildman–Crippen MR) is 154 cm³/mol. The lowest BCUT2D eigenvalue weighted by molar-refractivity contribution is 0.152. The Morgan fingerprint density at radius 3 is 1.76 bits per heavy atom. The van der Waals surface area contributed by atoms with Gasteiger partial charge < -0.3 is 20.1 Å². The molecule has 0 radical (unpaired) electrons. The fraction of sp³-hybridized carbons (Fsp3) is 0.759. The minimum Gasteiger partial charge on any atom is -0.449 e. The van der Waals surface area contributed by atoms with Crippen LogP contribution in [0.5, 0.6) is 0 Å². The van der Waals surface area contributed by atoms with Crippen molar-refractivity contribution in [3.63, 3.8) is 0 Å². The van der Waals surface area contributed by atoms with Crippen LogP contribution >= 0.6 is 11.8 Å². The summed E-state index contributed by atoms with van der Waals surface area (Å²) in [6, 6.07) is 5.54. The zero-order valence-corrected chi connectivity index (χ0v) is 24.0. The van der Waals surface area contributed by atoms with Gasteiger partial charge in [0.2, 0.25) is 0 Å². The molecule has 1 aromatic heterocycles. The first kappa shape index (κ1) is 33.1. The topological polar surface area (TPSA) is 89.5 Å². The van der Waals surface area contributed by atoms with Crippen molar-refractivity contribution in [2.45, 2.75) is 110 Å². The van der Waals surface area contributed by atoms with Crippen molar-refractivity contribution >= 4 is 23.9 Å². The number of amides is 2. The molecule has 0 saturated heterocycles. The number of nitrogens with one attached hydrogen (secondary N) is 2. The van der Waals surface area contributed by atoms with Crippen molar-refractivity contribution in [3.8, 4) is 0 Å². The second-order valence-corrected chi connectivity index (χ2v) is 10.7. The number of carbonyl (C=O) groups is 2. The fourth-order valence-corrected chi connectivity index (χ4v) is 4.55. The van der Waals surface area contributed by atoms with Gasteiger partial charge in [-0.3, -0.25) is 4.98 Å². The number of hydrogen-bond acceptors (Lipinski definition) is 6. The summed E-state index contributed by atoms with van der Waals surface area (Å²) in [4.78, 5) is 27.5. The fourth-order valence-electron chi connectivity index (χ4n) is 3.94. The van der Waals surface area contributed by atoms with Crippen LogP contribution in [0.4, 0.5) is 9.59 Å². The van der Waals surface area contributed by atoms with Crippen molar-refractivity contribution in [1.29, 1.82) is 0 Å². The summed E-state index contributed by atoms with van der Waals surface area (Å²) < 4.78 is 10.3. The molecule has 0 aliphatic rings. The van der Waals surface area contributed by atoms with Crippen molar-refractivity contribution < 1.29 is 19.1 Å². The molecule has 7 nitrogen and oxygen atoms in total. The summed E-state index contributed by atoms with van der Waals surface area (Å²) in [5.74, 6) is 1.33. The smallest absolute Gasteiger partial charge is 0.407 e. The van der Waals surface area contributed by atoms with Crippen LogP contribution in [0.2, 0.25) is 0 Å². The average molecular weight is 538 g/mol. The van der Waals surface area contributed by atoms with Crippen LogP contribution in [0.25, 0.3) is 0 Å². The maximum atomic E-state index is 11.7. The van der Waals surface area contributed by atoms with Crippen LogP contribution in [0.3, 0.4) is 0 Å². The molecule has 1 rings (SSSR count). The van der Waals surface area contributed by atoms with Crippen LogP contribution in [0.15, 0.2) is 24.4 Å². The number of alkyl carbamates (subject to hydrolysis) is 2. The minimum atomic E-state index is -0.458. The van der Waals surface area contributed by atoms with E-state index in [0.29, 0.717) is 37.8 Å². The maximum absolute atomic E-state index is 11.7. The van der Waals surface area contributed by atoms with Crippen molar-refractivity contribution in [3.05, 3.63) is 30.1 Å². The van der Waals surface area contributed by atoms with Gasteiger partial charge in [-0.05, 0) is 18.6 Å². The summed E-state index contributed by atoms with van der Waals surface area (Å²) in [5.41, 5.74) is 0.781. The van der Waals surface area contributed by atoms with Gasteiger partial charge >= 0.3 is 12.2 Å². The molecule has 212 valence electrons. The highest BCUT2D eigenvalue weighted by Gasteiger charge is 2.04. The lowest BCUT2D eigenvalue weighted by Crippen LogP contribution is -2.26. The van der Waals surface area contributed by atoms with E-state index in [1.807, 2.05) is 18.2 Å². The second-order valence-electron chi connectivity index (χ2n) is 9.44. The molecule has 37 heavy (non-hydrogen) atoms. The Balaban J connectivity index is 1.75. The molecule has 0 aliphatic carbocycles. The van der Waals surface area contributed by atoms with Crippen LogP contribution in [0.1, 0.15) is 109 Å². The zero-order chi connectivity index (χ0) is 26.7. The maximum Gasteiger partial charge on any atom is 0.407 e. The molecule has 0 bridgehead atoms. The highest BCUT2D eigenvalue weighted by atomic mass is 32.2. The Labute approximate surface area is 229 Å². The highest BCUT2D eigenvalue weighted by Crippen LogP contribution is 2.13. The molecular weight excluding hydrogens is 486 g/mol. The van der Waals surface area contributed by atoms with Gasteiger partial charge in [-0.2, -0.15) is 11.8 Å². The first-order valence-corrected chi connectivity index (χ1v) is 15.7. The number of carbonyl (C=O) groups excluding carboxylic acids is 2. The van der Waals surface area contributed by atoms with E-state index >= 15 is 0 Å². The van der Waals surface area contributed by atoms with Crippen molar-refractivity contribution in [2.75, 3.05) is 31.3 Å². The molecular formula is C29H51N3O4S. The summed E-state index contributed by atoms with van der Waals surface area (Å²) >= 11 is 1.58. The van der Waals surface area contributed by atoms with E-state index in [2.05, 4.69) is 22.5 Å². The molecule has 2 N–H and O–H groups in total. The van der Waals surface area contributed by atoms with Crippen LogP contribution in [-0.2, 0) is 16.0 Å². The molecule has 0 fully saturated rings. The standard InChI is InChI=1S/C29H51N3O4S/c1-2-3-4-5-6-7-8-9-10-11-12-13-14-15-17-21-31-28(33)35-22-24-37-25-23-36-29(34)32-26-27-19-16-18-20-30-27/h16,18-20H,2-15,17,21-26H2,1H3,(H,31,33)(H,32,34). The highest BCUT2D eigenvalue weighted by molar-refractivity contribution is 7.99. The van der Waals surface area contributed by atoms with E-state index in [0.717, 1.165) is 18.5 Å². The number of ether oxygens (including phenoxy) is 2. The summed E-state index contributed by atoms with van der Waals surface area (Å²) in [7, 11) is 0. The Hall–Kier alpha value is -1.96. The van der Waals surface area contributed by atoms with Crippen molar-refractivity contribution in [2.24, 2.45) is 0 Å². The lowest BCUT2D eigenvalue weighted by Gasteiger charge is -2.08. The zero-order valence-electron chi connectivity index (χ0n) is 23.1. The normalized spacial score (nSPS) is 10.7. The van der Waals surface area contributed by atoms with Gasteiger partial charge in [0.05, 0.1) is 12.2 Å². The van der Waals surface area contributed by atoms with Gasteiger partial charge in [-0.25, -0.2) is 9.59 Å². The number of pyridine rings is 1. The molecule has 1 heterocycles. The van der Waals surface area contributed by atoms with Gasteiger partial charge in [0, 0.05) is 24.2 Å². The molecule has 0 saturated carbocycles. The molecule has 0 unspecified atom stereocenters. The molecule has 0 aliphatic heterocycles. The molecule has 0 aromatic carbocycles. The summed E-state index contributed by atoms with van der Waals surface area (Å²) in [6.45, 7) is 3.95. The van der Waals surface area contributed by atoms with Crippen LogP contribution < -0.4 is 10.6 Å². The van der Waals surface area contributed by atoms with E-state index in [1.165, 1.54) is 83.5 Å². The SMILES string of the molecule is CCCCCCCCCCCCCCCCCNC(=O)OCCSCCOC(=O)NCc1ccccn1. The Morgan fingerprint density at radius 1 is 0.730 bits per heavy atom. The van der Waals surface area contributed by atoms with E-state index in [1.54, 1.807) is 18.0 Å². The number of rotatable bonds is 24. The third kappa shape index (κ3) is 22.9. The third-order valence-electron chi connectivity index (χ3n) is 6.11. The Bertz CT molecular complexity index is 664. The van der Waals surface area contributed by atoms with E-state index < -0.39 is 6.09 Å². The molecule has 1 aromatic rings. The first-order chi connectivity index (χ1) is 18.2. The predicted octanol–water partition coefficient (Wildman–Crippen LogP) is 7.64. The first-order valence-electron chi connectivity index (χ1n) is 14.5. The number of thioether (sulfide) groups is 1. The summed E-state index contributed by atoms with van der Waals surface area (Å²) in [6.07, 6.45) is 20.9. The van der Waals surface area contributed by atoms with Gasteiger partial charge in [0.25, 0.3) is 0 Å². The number of hydrogen-bond donors (Lipinski definition) is 2. The van der Waals surface area contributed by atoms with Gasteiger partial charge in [-0.1, -0.05) is 103 Å². The van der Waals surface area contributed by atoms with Crippen LogP contribution in [0, 0.1) is 0 Å². The molecule has 8 heteroatoms. The monoisotopic (exact) mass is 537 g/mol. The minimum absolute atomic E-state index is 0.310. The van der Waals surface area contributed by atoms with Gasteiger partial charge in [0.15, 0.2) is 0 Å². The van der Waals surface area contributed by atoms with Crippen LogP contribution in [-0.4, -0.2) is 48.4 Å². The molecule has 2 amide bonds. The largest absolute Gasteiger partial charge is 0.449 e. The molecule has 0 atom stereocenters. The Morgan fingerprint density at radius 2 is 1.24 bits per heavy atom. The van der Waals surface area contributed by atoms with Gasteiger partial charge in [0.1, 0.15) is 13.2 Å². The van der Waals surface area contributed by atoms with E-state index in [4.69, 9.17) is 9.47 Å². The number of aromatic nitrogens is 1. The number of unbranched alkanes of at least 4 members (excludes halogenated alkanes) is 14.